The Hall–Kier alpha value is 0. The maximum absolute atomic E-state index is 2.29. The Morgan fingerprint density at radius 1 is 0.706 bits per heavy atom. The van der Waals surface area contributed by atoms with Gasteiger partial charge in [-0.3, -0.25) is 0 Å². The van der Waals surface area contributed by atoms with Crippen LogP contribution in [0.5, 0.6) is 0 Å². The highest BCUT2D eigenvalue weighted by atomic mass is 14.0. The SMILES string of the molecule is C1CCCCC1.CCC.CCCCCC(C)C. The van der Waals surface area contributed by atoms with Crippen LogP contribution in [0.4, 0.5) is 0 Å². The van der Waals surface area contributed by atoms with Gasteiger partial charge in [0.2, 0.25) is 0 Å². The Labute approximate surface area is 112 Å². The van der Waals surface area contributed by atoms with Crippen molar-refractivity contribution < 1.29 is 0 Å². The normalized spacial score (nSPS) is 14.5. The quantitative estimate of drug-likeness (QED) is 0.466. The maximum atomic E-state index is 2.29. The highest BCUT2D eigenvalue weighted by Gasteiger charge is 1.95. The number of hydrogen-bond donors (Lipinski definition) is 0. The molecule has 0 nitrogen and oxygen atoms in total. The summed E-state index contributed by atoms with van der Waals surface area (Å²) >= 11 is 0. The molecular formula is C17H38. The summed E-state index contributed by atoms with van der Waals surface area (Å²) in [5.74, 6) is 0.904. The zero-order valence-corrected chi connectivity index (χ0v) is 13.4. The second-order valence-corrected chi connectivity index (χ2v) is 5.72. The van der Waals surface area contributed by atoms with E-state index in [0.717, 1.165) is 5.92 Å². The Morgan fingerprint density at radius 2 is 1.06 bits per heavy atom. The van der Waals surface area contributed by atoms with Gasteiger partial charge in [0.15, 0.2) is 0 Å². The van der Waals surface area contributed by atoms with Crippen molar-refractivity contribution >= 4 is 0 Å². The van der Waals surface area contributed by atoms with Crippen molar-refractivity contribution in [3.63, 3.8) is 0 Å². The van der Waals surface area contributed by atoms with Crippen molar-refractivity contribution in [3.05, 3.63) is 0 Å². The van der Waals surface area contributed by atoms with E-state index in [1.807, 2.05) is 0 Å². The molecule has 0 N–H and O–H groups in total. The van der Waals surface area contributed by atoms with E-state index in [9.17, 15) is 0 Å². The van der Waals surface area contributed by atoms with Crippen LogP contribution in [0.25, 0.3) is 0 Å². The first-order chi connectivity index (χ1) is 8.18. The lowest BCUT2D eigenvalue weighted by molar-refractivity contribution is 0.504. The summed E-state index contributed by atoms with van der Waals surface area (Å²) in [7, 11) is 0. The van der Waals surface area contributed by atoms with Crippen molar-refractivity contribution in [2.75, 3.05) is 0 Å². The Kier molecular flexibility index (Phi) is 20.9. The van der Waals surface area contributed by atoms with Crippen molar-refractivity contribution in [3.8, 4) is 0 Å². The Bertz CT molecular complexity index is 89.1. The Morgan fingerprint density at radius 3 is 1.29 bits per heavy atom. The van der Waals surface area contributed by atoms with Gasteiger partial charge in [0.05, 0.1) is 0 Å². The third-order valence-electron chi connectivity index (χ3n) is 2.89. The zero-order valence-electron chi connectivity index (χ0n) is 13.4. The minimum atomic E-state index is 0.904. The number of hydrogen-bond acceptors (Lipinski definition) is 0. The standard InChI is InChI=1S/C8H18.C6H12.C3H8/c1-4-5-6-7-8(2)3;1-2-4-6-5-3-1;1-3-2/h8H,4-7H2,1-3H3;1-6H2;3H2,1-2H3. The van der Waals surface area contributed by atoms with Crippen LogP contribution in [0.2, 0.25) is 0 Å². The summed E-state index contributed by atoms with van der Waals surface area (Å²) in [6.07, 6.45) is 15.9. The monoisotopic (exact) mass is 242 g/mol. The molecule has 0 aliphatic heterocycles. The zero-order chi connectivity index (χ0) is 13.4. The van der Waals surface area contributed by atoms with Crippen molar-refractivity contribution in [2.24, 2.45) is 5.92 Å². The fourth-order valence-corrected chi connectivity index (χ4v) is 1.86. The van der Waals surface area contributed by atoms with Crippen LogP contribution in [0.3, 0.4) is 0 Å². The Balaban J connectivity index is 0. The van der Waals surface area contributed by atoms with Gasteiger partial charge in [-0.1, -0.05) is 105 Å². The van der Waals surface area contributed by atoms with Crippen molar-refractivity contribution in [2.45, 2.75) is 105 Å². The van der Waals surface area contributed by atoms with E-state index in [1.54, 1.807) is 0 Å². The molecule has 0 saturated heterocycles. The molecule has 0 bridgehead atoms. The lowest BCUT2D eigenvalue weighted by atomic mass is 10.0. The van der Waals surface area contributed by atoms with Crippen molar-refractivity contribution in [1.29, 1.82) is 0 Å². The molecule has 0 unspecified atom stereocenters. The van der Waals surface area contributed by atoms with E-state index in [2.05, 4.69) is 34.6 Å². The summed E-state index contributed by atoms with van der Waals surface area (Å²) in [5, 5.41) is 0. The van der Waals surface area contributed by atoms with Gasteiger partial charge >= 0.3 is 0 Å². The van der Waals surface area contributed by atoms with Gasteiger partial charge in [0.25, 0.3) is 0 Å². The van der Waals surface area contributed by atoms with Gasteiger partial charge in [-0.25, -0.2) is 0 Å². The largest absolute Gasteiger partial charge is 0.0656 e. The molecule has 0 heteroatoms. The third kappa shape index (κ3) is 25.9. The van der Waals surface area contributed by atoms with Crippen LogP contribution in [0.15, 0.2) is 0 Å². The predicted octanol–water partition coefficient (Wildman–Crippen LogP) is 6.98. The van der Waals surface area contributed by atoms with E-state index in [-0.39, 0.29) is 0 Å². The van der Waals surface area contributed by atoms with E-state index in [0.29, 0.717) is 0 Å². The van der Waals surface area contributed by atoms with E-state index in [4.69, 9.17) is 0 Å². The minimum Gasteiger partial charge on any atom is -0.0656 e. The van der Waals surface area contributed by atoms with Crippen molar-refractivity contribution in [1.82, 2.24) is 0 Å². The van der Waals surface area contributed by atoms with Crippen LogP contribution in [0.1, 0.15) is 105 Å². The number of rotatable bonds is 4. The molecule has 1 aliphatic carbocycles. The molecule has 0 aromatic heterocycles. The molecule has 0 spiro atoms. The second kappa shape index (κ2) is 18.4. The smallest absolute Gasteiger partial charge is 0.0471 e. The van der Waals surface area contributed by atoms with Crippen LogP contribution in [0, 0.1) is 5.92 Å². The molecule has 0 aromatic carbocycles. The number of unbranched alkanes of at least 4 members (excludes halogenated alkanes) is 2. The molecule has 17 heavy (non-hydrogen) atoms. The van der Waals surface area contributed by atoms with Crippen LogP contribution in [-0.2, 0) is 0 Å². The summed E-state index contributed by atoms with van der Waals surface area (Å²) in [4.78, 5) is 0. The fourth-order valence-electron chi connectivity index (χ4n) is 1.86. The molecular weight excluding hydrogens is 204 g/mol. The third-order valence-corrected chi connectivity index (χ3v) is 2.89. The first-order valence-electron chi connectivity index (χ1n) is 8.18. The van der Waals surface area contributed by atoms with E-state index in [1.165, 1.54) is 70.6 Å². The average Bonchev–Trinajstić information content (AvgIpc) is 2.33. The molecule has 1 fully saturated rings. The second-order valence-electron chi connectivity index (χ2n) is 5.72. The van der Waals surface area contributed by atoms with Gasteiger partial charge < -0.3 is 0 Å². The van der Waals surface area contributed by atoms with E-state index >= 15 is 0 Å². The van der Waals surface area contributed by atoms with Gasteiger partial charge in [-0.15, -0.1) is 0 Å². The lowest BCUT2D eigenvalue weighted by Gasteiger charge is -2.05. The first kappa shape index (κ1) is 19.3. The molecule has 0 amide bonds. The van der Waals surface area contributed by atoms with Crippen LogP contribution in [-0.4, -0.2) is 0 Å². The molecule has 0 radical (unpaired) electrons. The van der Waals surface area contributed by atoms with Gasteiger partial charge in [-0.05, 0) is 5.92 Å². The summed E-state index contributed by atoms with van der Waals surface area (Å²) in [5.41, 5.74) is 0. The summed E-state index contributed by atoms with van der Waals surface area (Å²) in [6.45, 7) is 11.1. The highest BCUT2D eigenvalue weighted by molar-refractivity contribution is 4.51. The average molecular weight is 242 g/mol. The predicted molar refractivity (Wildman–Crippen MR) is 82.6 cm³/mol. The first-order valence-corrected chi connectivity index (χ1v) is 8.18. The van der Waals surface area contributed by atoms with Gasteiger partial charge in [0, 0.05) is 0 Å². The molecule has 106 valence electrons. The molecule has 1 aliphatic rings. The maximum Gasteiger partial charge on any atom is -0.0471 e. The molecule has 0 heterocycles. The fraction of sp³-hybridized carbons (Fsp3) is 1.00. The molecule has 0 atom stereocenters. The summed E-state index contributed by atoms with van der Waals surface area (Å²) < 4.78 is 0. The molecule has 1 rings (SSSR count). The topological polar surface area (TPSA) is 0 Å². The van der Waals surface area contributed by atoms with Gasteiger partial charge in [0.1, 0.15) is 0 Å². The molecule has 0 aromatic rings. The van der Waals surface area contributed by atoms with Crippen LogP contribution >= 0.6 is 0 Å². The van der Waals surface area contributed by atoms with Crippen LogP contribution < -0.4 is 0 Å². The van der Waals surface area contributed by atoms with Gasteiger partial charge in [-0.2, -0.15) is 0 Å². The van der Waals surface area contributed by atoms with E-state index < -0.39 is 0 Å². The lowest BCUT2D eigenvalue weighted by Crippen LogP contribution is -1.85. The summed E-state index contributed by atoms with van der Waals surface area (Å²) in [6, 6.07) is 0. The highest BCUT2D eigenvalue weighted by Crippen LogP contribution is 2.15. The molecule has 1 saturated carbocycles. The minimum absolute atomic E-state index is 0.904.